The monoisotopic (exact) mass is 329 g/mol. The van der Waals surface area contributed by atoms with Crippen LogP contribution in [0.15, 0.2) is 24.8 Å². The van der Waals surface area contributed by atoms with E-state index >= 15 is 0 Å². The Labute approximate surface area is 141 Å². The highest BCUT2D eigenvalue weighted by atomic mass is 16.3. The number of fused-ring (bicyclic) bond motifs is 1. The molecule has 1 aromatic rings. The standard InChI is InChI=1S/C19H23NO4/c1-2-8-20-9-7-18-11-13(21)5-6-19(18,24)15(20)10-12-3-4-14(22)17(23)16(12)18/h2-4,15,22-24H,1,5-11H2/t15?,18-,19-/m0/s1. The average Bonchev–Trinajstić information content (AvgIpc) is 2.54. The summed E-state index contributed by atoms with van der Waals surface area (Å²) < 4.78 is 0. The minimum absolute atomic E-state index is 0.103. The number of Topliss-reactive ketones (excluding diaryl/α,β-unsaturated/α-hetero) is 1. The summed E-state index contributed by atoms with van der Waals surface area (Å²) in [7, 11) is 0. The number of likely N-dealkylation sites (tertiary alicyclic amines) is 1. The molecule has 4 rings (SSSR count). The molecule has 2 bridgehead atoms. The second kappa shape index (κ2) is 5.07. The van der Waals surface area contributed by atoms with Crippen molar-refractivity contribution in [2.24, 2.45) is 0 Å². The van der Waals surface area contributed by atoms with E-state index in [-0.39, 0.29) is 29.7 Å². The lowest BCUT2D eigenvalue weighted by molar-refractivity contribution is -0.171. The smallest absolute Gasteiger partial charge is 0.161 e. The van der Waals surface area contributed by atoms with Crippen molar-refractivity contribution in [1.82, 2.24) is 4.90 Å². The van der Waals surface area contributed by atoms with Crippen LogP contribution in [0.25, 0.3) is 0 Å². The fourth-order valence-corrected chi connectivity index (χ4v) is 5.38. The predicted molar refractivity (Wildman–Crippen MR) is 89.1 cm³/mol. The van der Waals surface area contributed by atoms with Gasteiger partial charge in [-0.3, -0.25) is 9.69 Å². The molecular formula is C19H23NO4. The van der Waals surface area contributed by atoms with Gasteiger partial charge in [0.25, 0.3) is 0 Å². The Morgan fingerprint density at radius 2 is 2.12 bits per heavy atom. The molecule has 1 aliphatic heterocycles. The summed E-state index contributed by atoms with van der Waals surface area (Å²) in [4.78, 5) is 14.5. The second-order valence-corrected chi connectivity index (χ2v) is 7.44. The van der Waals surface area contributed by atoms with Gasteiger partial charge >= 0.3 is 0 Å². The number of aliphatic hydroxyl groups is 1. The van der Waals surface area contributed by atoms with Gasteiger partial charge in [-0.05, 0) is 37.4 Å². The maximum absolute atomic E-state index is 12.3. The molecule has 2 fully saturated rings. The third-order valence-electron chi connectivity index (χ3n) is 6.43. The second-order valence-electron chi connectivity index (χ2n) is 7.44. The van der Waals surface area contributed by atoms with Crippen LogP contribution in [0.4, 0.5) is 0 Å². The number of rotatable bonds is 2. The molecule has 0 aromatic heterocycles. The van der Waals surface area contributed by atoms with Gasteiger partial charge in [0.15, 0.2) is 11.5 Å². The maximum atomic E-state index is 12.3. The Morgan fingerprint density at radius 3 is 2.88 bits per heavy atom. The quantitative estimate of drug-likeness (QED) is 0.568. The summed E-state index contributed by atoms with van der Waals surface area (Å²) in [6.45, 7) is 5.25. The first-order valence-corrected chi connectivity index (χ1v) is 8.56. The normalized spacial score (nSPS) is 35.2. The zero-order chi connectivity index (χ0) is 17.1. The number of piperidine rings is 1. The van der Waals surface area contributed by atoms with E-state index in [9.17, 15) is 20.1 Å². The molecule has 1 saturated heterocycles. The number of phenols is 2. The van der Waals surface area contributed by atoms with Crippen LogP contribution < -0.4 is 0 Å². The van der Waals surface area contributed by atoms with Crippen molar-refractivity contribution >= 4 is 5.78 Å². The number of carbonyl (C=O) groups excluding carboxylic acids is 1. The molecule has 0 spiro atoms. The summed E-state index contributed by atoms with van der Waals surface area (Å²) in [6, 6.07) is 3.21. The molecule has 5 heteroatoms. The molecule has 3 aliphatic rings. The van der Waals surface area contributed by atoms with Crippen LogP contribution in [-0.2, 0) is 16.6 Å². The highest BCUT2D eigenvalue weighted by Crippen LogP contribution is 2.60. The SMILES string of the molecule is C=CCN1CC[C@@]23CC(=O)CC[C@]2(O)C1Cc1ccc(O)c(O)c13. The zero-order valence-electron chi connectivity index (χ0n) is 13.7. The minimum atomic E-state index is -1.07. The van der Waals surface area contributed by atoms with Crippen molar-refractivity contribution in [3.8, 4) is 11.5 Å². The van der Waals surface area contributed by atoms with E-state index in [2.05, 4.69) is 11.5 Å². The van der Waals surface area contributed by atoms with E-state index in [1.165, 1.54) is 6.07 Å². The van der Waals surface area contributed by atoms with Gasteiger partial charge in [0.1, 0.15) is 5.78 Å². The molecule has 128 valence electrons. The van der Waals surface area contributed by atoms with Crippen LogP contribution >= 0.6 is 0 Å². The highest BCUT2D eigenvalue weighted by Gasteiger charge is 2.65. The van der Waals surface area contributed by atoms with E-state index in [4.69, 9.17) is 0 Å². The molecule has 3 N–H and O–H groups in total. The van der Waals surface area contributed by atoms with Crippen LogP contribution in [0.1, 0.15) is 36.8 Å². The maximum Gasteiger partial charge on any atom is 0.161 e. The van der Waals surface area contributed by atoms with E-state index in [1.807, 2.05) is 12.1 Å². The van der Waals surface area contributed by atoms with Crippen molar-refractivity contribution in [3.05, 3.63) is 35.9 Å². The third-order valence-corrected chi connectivity index (χ3v) is 6.43. The van der Waals surface area contributed by atoms with Crippen LogP contribution in [0.5, 0.6) is 11.5 Å². The Hall–Kier alpha value is -1.85. The van der Waals surface area contributed by atoms with E-state index in [0.717, 1.165) is 12.1 Å². The zero-order valence-corrected chi connectivity index (χ0v) is 13.7. The summed E-state index contributed by atoms with van der Waals surface area (Å²) in [6.07, 6.45) is 4.03. The highest BCUT2D eigenvalue weighted by molar-refractivity contribution is 5.83. The number of phenolic OH excluding ortho intramolecular Hbond substituents is 2. The molecule has 1 heterocycles. The fourth-order valence-electron chi connectivity index (χ4n) is 5.38. The predicted octanol–water partition coefficient (Wildman–Crippen LogP) is 1.64. The van der Waals surface area contributed by atoms with Crippen LogP contribution in [0, 0.1) is 0 Å². The molecule has 5 nitrogen and oxygen atoms in total. The number of ketones is 1. The van der Waals surface area contributed by atoms with Gasteiger partial charge < -0.3 is 15.3 Å². The molecule has 1 saturated carbocycles. The van der Waals surface area contributed by atoms with Crippen molar-refractivity contribution in [2.45, 2.75) is 49.2 Å². The van der Waals surface area contributed by atoms with E-state index in [1.54, 1.807) is 0 Å². The first-order chi connectivity index (χ1) is 11.4. The van der Waals surface area contributed by atoms with E-state index < -0.39 is 11.0 Å². The summed E-state index contributed by atoms with van der Waals surface area (Å²) >= 11 is 0. The van der Waals surface area contributed by atoms with Gasteiger partial charge in [-0.25, -0.2) is 0 Å². The first-order valence-electron chi connectivity index (χ1n) is 8.56. The van der Waals surface area contributed by atoms with Crippen LogP contribution in [0.2, 0.25) is 0 Å². The molecule has 24 heavy (non-hydrogen) atoms. The van der Waals surface area contributed by atoms with Gasteiger partial charge in [0, 0.05) is 36.4 Å². The number of hydrogen-bond acceptors (Lipinski definition) is 5. The number of aromatic hydroxyl groups is 2. The lowest BCUT2D eigenvalue weighted by atomic mass is 9.49. The molecule has 0 amide bonds. The topological polar surface area (TPSA) is 81.0 Å². The van der Waals surface area contributed by atoms with Crippen molar-refractivity contribution in [2.75, 3.05) is 13.1 Å². The van der Waals surface area contributed by atoms with Crippen molar-refractivity contribution in [1.29, 1.82) is 0 Å². The van der Waals surface area contributed by atoms with Gasteiger partial charge in [0.05, 0.1) is 5.60 Å². The average molecular weight is 329 g/mol. The van der Waals surface area contributed by atoms with Crippen LogP contribution in [-0.4, -0.2) is 50.7 Å². The summed E-state index contributed by atoms with van der Waals surface area (Å²) in [5, 5.41) is 32.3. The van der Waals surface area contributed by atoms with Crippen molar-refractivity contribution in [3.63, 3.8) is 0 Å². The summed E-state index contributed by atoms with van der Waals surface area (Å²) in [5.74, 6) is -0.238. The number of benzene rings is 1. The molecular weight excluding hydrogens is 306 g/mol. The van der Waals surface area contributed by atoms with Gasteiger partial charge in [-0.1, -0.05) is 12.1 Å². The van der Waals surface area contributed by atoms with Crippen LogP contribution in [0.3, 0.4) is 0 Å². The number of hydrogen-bond donors (Lipinski definition) is 3. The third kappa shape index (κ3) is 1.80. The molecule has 0 radical (unpaired) electrons. The Kier molecular flexibility index (Phi) is 3.31. The number of carbonyl (C=O) groups is 1. The lowest BCUT2D eigenvalue weighted by Gasteiger charge is -2.63. The minimum Gasteiger partial charge on any atom is -0.504 e. The van der Waals surface area contributed by atoms with Gasteiger partial charge in [-0.2, -0.15) is 0 Å². The Balaban J connectivity index is 1.96. The van der Waals surface area contributed by atoms with Gasteiger partial charge in [0.2, 0.25) is 0 Å². The molecule has 1 aromatic carbocycles. The molecule has 1 unspecified atom stereocenters. The van der Waals surface area contributed by atoms with E-state index in [0.29, 0.717) is 37.8 Å². The Morgan fingerprint density at radius 1 is 1.33 bits per heavy atom. The molecule has 2 aliphatic carbocycles. The lowest BCUT2D eigenvalue weighted by Crippen LogP contribution is -2.73. The molecule has 3 atom stereocenters. The largest absolute Gasteiger partial charge is 0.504 e. The fraction of sp³-hybridized carbons (Fsp3) is 0.526. The van der Waals surface area contributed by atoms with Gasteiger partial charge in [-0.15, -0.1) is 6.58 Å². The first kappa shape index (κ1) is 15.7. The Bertz CT molecular complexity index is 730. The summed E-state index contributed by atoms with van der Waals surface area (Å²) in [5.41, 5.74) is -0.363. The number of nitrogens with zero attached hydrogens (tertiary/aromatic N) is 1. The van der Waals surface area contributed by atoms with Crippen molar-refractivity contribution < 1.29 is 20.1 Å².